The Kier molecular flexibility index (Phi) is 8.17. The Morgan fingerprint density at radius 3 is 2.30 bits per heavy atom. The lowest BCUT2D eigenvalue weighted by Gasteiger charge is -2.32. The molecule has 5 heteroatoms. The fourth-order valence-corrected chi connectivity index (χ4v) is 3.69. The Bertz CT molecular complexity index is 840. The topological polar surface area (TPSA) is 52.7 Å². The van der Waals surface area contributed by atoms with Crippen molar-refractivity contribution in [1.29, 1.82) is 0 Å². The summed E-state index contributed by atoms with van der Waals surface area (Å²) in [5, 5.41) is 2.95. The van der Waals surface area contributed by atoms with Crippen LogP contribution in [-0.2, 0) is 24.3 Å². The van der Waals surface area contributed by atoms with Crippen molar-refractivity contribution in [3.8, 4) is 0 Å². The van der Waals surface area contributed by atoms with E-state index >= 15 is 0 Å². The molecule has 2 aromatic carbocycles. The summed E-state index contributed by atoms with van der Waals surface area (Å²) in [5.74, 6) is -0.0695. The van der Waals surface area contributed by atoms with Crippen molar-refractivity contribution in [2.24, 2.45) is 0 Å². The molecule has 0 saturated carbocycles. The van der Waals surface area contributed by atoms with E-state index in [1.807, 2.05) is 30.3 Å². The number of nitrogens with zero attached hydrogens (tertiary/aromatic N) is 2. The number of piperazine rings is 1. The number of Topliss-reactive ketones (excluding diaryl/α,β-unsaturated/α-hetero) is 1. The summed E-state index contributed by atoms with van der Waals surface area (Å²) in [6.45, 7) is 7.92. The molecule has 0 unspecified atom stereocenters. The van der Waals surface area contributed by atoms with Crippen LogP contribution in [0.2, 0.25) is 0 Å². The molecular formula is C25H33N3O2. The summed E-state index contributed by atoms with van der Waals surface area (Å²) in [5.41, 5.74) is 4.25. The molecule has 2 aromatic rings. The minimum Gasteiger partial charge on any atom is -0.352 e. The van der Waals surface area contributed by atoms with E-state index in [1.165, 1.54) is 11.1 Å². The second-order valence-corrected chi connectivity index (χ2v) is 8.15. The highest BCUT2D eigenvalue weighted by atomic mass is 16.2. The molecule has 1 aliphatic rings. The Morgan fingerprint density at radius 1 is 0.900 bits per heavy atom. The zero-order chi connectivity index (χ0) is 21.3. The van der Waals surface area contributed by atoms with Gasteiger partial charge in [-0.1, -0.05) is 55.5 Å². The van der Waals surface area contributed by atoms with Gasteiger partial charge >= 0.3 is 0 Å². The van der Waals surface area contributed by atoms with Crippen LogP contribution in [0, 0.1) is 0 Å². The third-order valence-electron chi connectivity index (χ3n) is 5.75. The summed E-state index contributed by atoms with van der Waals surface area (Å²) in [6.07, 6.45) is 1.41. The Balaban J connectivity index is 1.42. The van der Waals surface area contributed by atoms with Crippen molar-refractivity contribution in [2.75, 3.05) is 33.2 Å². The van der Waals surface area contributed by atoms with Gasteiger partial charge in [0, 0.05) is 57.7 Å². The van der Waals surface area contributed by atoms with E-state index in [2.05, 4.69) is 47.3 Å². The largest absolute Gasteiger partial charge is 0.352 e. The van der Waals surface area contributed by atoms with Gasteiger partial charge in [-0.2, -0.15) is 0 Å². The standard InChI is InChI=1S/C25H33N3O2/c1-3-20-7-9-23(10-8-20)24(29)11-12-25(30)26-18-21-5-4-6-22(17-21)19-28-15-13-27(2)14-16-28/h4-10,17H,3,11-16,18-19H2,1-2H3,(H,26,30). The maximum atomic E-state index is 12.3. The molecule has 1 saturated heterocycles. The van der Waals surface area contributed by atoms with Gasteiger partial charge in [-0.3, -0.25) is 14.5 Å². The number of ketones is 1. The molecular weight excluding hydrogens is 374 g/mol. The van der Waals surface area contributed by atoms with Gasteiger partial charge in [0.15, 0.2) is 5.78 Å². The van der Waals surface area contributed by atoms with E-state index in [0.717, 1.165) is 44.7 Å². The summed E-state index contributed by atoms with van der Waals surface area (Å²) in [7, 11) is 2.16. The van der Waals surface area contributed by atoms with Gasteiger partial charge < -0.3 is 10.2 Å². The van der Waals surface area contributed by atoms with Crippen LogP contribution in [0.25, 0.3) is 0 Å². The van der Waals surface area contributed by atoms with Gasteiger partial charge in [0.2, 0.25) is 5.91 Å². The molecule has 0 radical (unpaired) electrons. The van der Waals surface area contributed by atoms with Gasteiger partial charge in [-0.15, -0.1) is 0 Å². The molecule has 1 fully saturated rings. The Hall–Kier alpha value is -2.50. The van der Waals surface area contributed by atoms with Crippen molar-refractivity contribution in [3.05, 3.63) is 70.8 Å². The molecule has 0 aromatic heterocycles. The smallest absolute Gasteiger partial charge is 0.220 e. The predicted octanol–water partition coefficient (Wildman–Crippen LogP) is 3.28. The van der Waals surface area contributed by atoms with Crippen LogP contribution in [-0.4, -0.2) is 54.7 Å². The number of hydrogen-bond acceptors (Lipinski definition) is 4. The number of benzene rings is 2. The highest BCUT2D eigenvalue weighted by Crippen LogP contribution is 2.11. The SMILES string of the molecule is CCc1ccc(C(=O)CCC(=O)NCc2cccc(CN3CCN(C)CC3)c2)cc1. The molecule has 5 nitrogen and oxygen atoms in total. The quantitative estimate of drug-likeness (QED) is 0.648. The molecule has 3 rings (SSSR count). The van der Waals surface area contributed by atoms with Crippen molar-refractivity contribution in [2.45, 2.75) is 39.3 Å². The lowest BCUT2D eigenvalue weighted by molar-refractivity contribution is -0.121. The molecule has 1 heterocycles. The number of rotatable bonds is 9. The summed E-state index contributed by atoms with van der Waals surface area (Å²) >= 11 is 0. The van der Waals surface area contributed by atoms with Crippen LogP contribution in [0.15, 0.2) is 48.5 Å². The van der Waals surface area contributed by atoms with Crippen molar-refractivity contribution < 1.29 is 9.59 Å². The summed E-state index contributed by atoms with van der Waals surface area (Å²) in [6, 6.07) is 16.1. The van der Waals surface area contributed by atoms with Crippen LogP contribution >= 0.6 is 0 Å². The fraction of sp³-hybridized carbons (Fsp3) is 0.440. The normalized spacial score (nSPS) is 15.1. The number of nitrogens with one attached hydrogen (secondary N) is 1. The second kappa shape index (κ2) is 11.0. The van der Waals surface area contributed by atoms with E-state index in [0.29, 0.717) is 12.1 Å². The summed E-state index contributed by atoms with van der Waals surface area (Å²) in [4.78, 5) is 29.3. The average molecular weight is 408 g/mol. The molecule has 30 heavy (non-hydrogen) atoms. The third-order valence-corrected chi connectivity index (χ3v) is 5.75. The van der Waals surface area contributed by atoms with Gasteiger partial charge in [0.05, 0.1) is 0 Å². The van der Waals surface area contributed by atoms with E-state index in [4.69, 9.17) is 0 Å². The van der Waals surface area contributed by atoms with Crippen LogP contribution in [0.5, 0.6) is 0 Å². The number of carbonyl (C=O) groups is 2. The van der Waals surface area contributed by atoms with Crippen molar-refractivity contribution >= 4 is 11.7 Å². The minimum atomic E-state index is -0.0852. The number of hydrogen-bond donors (Lipinski definition) is 1. The molecule has 1 aliphatic heterocycles. The Morgan fingerprint density at radius 2 is 1.60 bits per heavy atom. The van der Waals surface area contributed by atoms with Crippen molar-refractivity contribution in [1.82, 2.24) is 15.1 Å². The zero-order valence-electron chi connectivity index (χ0n) is 18.2. The van der Waals surface area contributed by atoms with E-state index < -0.39 is 0 Å². The van der Waals surface area contributed by atoms with Crippen LogP contribution in [0.4, 0.5) is 0 Å². The van der Waals surface area contributed by atoms with E-state index in [9.17, 15) is 9.59 Å². The first-order valence-electron chi connectivity index (χ1n) is 10.9. The minimum absolute atomic E-state index is 0.0157. The van der Waals surface area contributed by atoms with E-state index in [-0.39, 0.29) is 24.5 Å². The van der Waals surface area contributed by atoms with Gasteiger partial charge in [0.25, 0.3) is 0 Å². The number of carbonyl (C=O) groups excluding carboxylic acids is 2. The van der Waals surface area contributed by atoms with E-state index in [1.54, 1.807) is 0 Å². The second-order valence-electron chi connectivity index (χ2n) is 8.15. The molecule has 0 atom stereocenters. The first-order chi connectivity index (χ1) is 14.5. The first kappa shape index (κ1) is 22.2. The zero-order valence-corrected chi connectivity index (χ0v) is 18.2. The van der Waals surface area contributed by atoms with Crippen LogP contribution in [0.1, 0.15) is 46.8 Å². The summed E-state index contributed by atoms with van der Waals surface area (Å²) < 4.78 is 0. The highest BCUT2D eigenvalue weighted by Gasteiger charge is 2.14. The predicted molar refractivity (Wildman–Crippen MR) is 120 cm³/mol. The van der Waals surface area contributed by atoms with Gasteiger partial charge in [0.1, 0.15) is 0 Å². The molecule has 160 valence electrons. The molecule has 1 N–H and O–H groups in total. The molecule has 1 amide bonds. The van der Waals surface area contributed by atoms with Gasteiger partial charge in [-0.25, -0.2) is 0 Å². The first-order valence-corrected chi connectivity index (χ1v) is 10.9. The maximum absolute atomic E-state index is 12.3. The highest BCUT2D eigenvalue weighted by molar-refractivity contribution is 5.97. The fourth-order valence-electron chi connectivity index (χ4n) is 3.69. The molecule has 0 spiro atoms. The number of likely N-dealkylation sites (N-methyl/N-ethyl adjacent to an activating group) is 1. The maximum Gasteiger partial charge on any atom is 0.220 e. The van der Waals surface area contributed by atoms with Crippen molar-refractivity contribution in [3.63, 3.8) is 0 Å². The Labute approximate surface area is 180 Å². The molecule has 0 bridgehead atoms. The lowest BCUT2D eigenvalue weighted by Crippen LogP contribution is -2.43. The average Bonchev–Trinajstić information content (AvgIpc) is 2.78. The van der Waals surface area contributed by atoms with Crippen LogP contribution < -0.4 is 5.32 Å². The number of aryl methyl sites for hydroxylation is 1. The third kappa shape index (κ3) is 6.78. The monoisotopic (exact) mass is 407 g/mol. The lowest BCUT2D eigenvalue weighted by atomic mass is 10.0. The molecule has 0 aliphatic carbocycles. The van der Waals surface area contributed by atoms with Crippen LogP contribution in [0.3, 0.4) is 0 Å². The van der Waals surface area contributed by atoms with Gasteiger partial charge in [-0.05, 0) is 30.2 Å². The number of amides is 1.